The number of fused-ring (bicyclic) bond motifs is 1. The second kappa shape index (κ2) is 10.8. The molecular formula is C28H30FN5O3. The molecule has 2 aromatic carbocycles. The minimum absolute atomic E-state index is 0.0358. The van der Waals surface area contributed by atoms with Crippen LogP contribution in [0.3, 0.4) is 0 Å². The summed E-state index contributed by atoms with van der Waals surface area (Å²) in [6.07, 6.45) is 4.76. The molecule has 1 N–H and O–H groups in total. The first kappa shape index (κ1) is 25.9. The highest BCUT2D eigenvalue weighted by atomic mass is 19.1. The Labute approximate surface area is 216 Å². The Balaban J connectivity index is 1.69. The van der Waals surface area contributed by atoms with Crippen LogP contribution in [0.2, 0.25) is 0 Å². The predicted octanol–water partition coefficient (Wildman–Crippen LogP) is 2.90. The topological polar surface area (TPSA) is 76.2 Å². The average Bonchev–Trinajstić information content (AvgIpc) is 2.88. The number of nitrogens with one attached hydrogen (secondary N) is 1. The standard InChI is InChI=1S/C28H30FN5O3/c1-5-15-31-18-25(35)33-24(34(31)28(37)30-16-21-9-7-6-8-10-21)17-32(27(36)26(33)19(2)3)20(4)22-11-13-23(29)14-12-22/h1,6-14,20,24,26H,2,15-18H2,3-4H3,(H,30,37)/t20?,24?,26-/m0/s1. The molecule has 2 aliphatic rings. The number of carbonyl (C=O) groups excluding carboxylic acids is 3. The Kier molecular flexibility index (Phi) is 7.60. The maximum atomic E-state index is 13.7. The first-order chi connectivity index (χ1) is 17.7. The molecule has 192 valence electrons. The number of rotatable bonds is 6. The van der Waals surface area contributed by atoms with E-state index in [1.165, 1.54) is 27.1 Å². The van der Waals surface area contributed by atoms with Crippen LogP contribution >= 0.6 is 0 Å². The molecule has 2 heterocycles. The van der Waals surface area contributed by atoms with Gasteiger partial charge in [0.2, 0.25) is 11.8 Å². The lowest BCUT2D eigenvalue weighted by Crippen LogP contribution is -2.76. The fourth-order valence-electron chi connectivity index (χ4n) is 4.88. The minimum Gasteiger partial charge on any atom is -0.333 e. The van der Waals surface area contributed by atoms with E-state index in [1.54, 1.807) is 24.0 Å². The van der Waals surface area contributed by atoms with Crippen molar-refractivity contribution in [3.05, 3.63) is 83.7 Å². The van der Waals surface area contributed by atoms with Crippen molar-refractivity contribution in [2.75, 3.05) is 19.6 Å². The van der Waals surface area contributed by atoms with Crippen LogP contribution in [0, 0.1) is 18.2 Å². The predicted molar refractivity (Wildman–Crippen MR) is 137 cm³/mol. The number of urea groups is 1. The fraction of sp³-hybridized carbons (Fsp3) is 0.321. The summed E-state index contributed by atoms with van der Waals surface area (Å²) in [5.41, 5.74) is 2.12. The van der Waals surface area contributed by atoms with Gasteiger partial charge in [-0.15, -0.1) is 6.42 Å². The van der Waals surface area contributed by atoms with Gasteiger partial charge >= 0.3 is 6.03 Å². The van der Waals surface area contributed by atoms with Gasteiger partial charge < -0.3 is 15.1 Å². The third kappa shape index (κ3) is 5.20. The summed E-state index contributed by atoms with van der Waals surface area (Å²) in [7, 11) is 0. The third-order valence-electron chi connectivity index (χ3n) is 6.72. The first-order valence-corrected chi connectivity index (χ1v) is 12.0. The molecule has 4 amide bonds. The summed E-state index contributed by atoms with van der Waals surface area (Å²) in [5.74, 6) is 1.52. The molecular weight excluding hydrogens is 473 g/mol. The molecule has 2 saturated heterocycles. The van der Waals surface area contributed by atoms with Crippen molar-refractivity contribution in [1.82, 2.24) is 25.1 Å². The van der Waals surface area contributed by atoms with Gasteiger partial charge in [0, 0.05) is 6.54 Å². The van der Waals surface area contributed by atoms with E-state index in [0.717, 1.165) is 11.1 Å². The number of amides is 4. The van der Waals surface area contributed by atoms with E-state index in [-0.39, 0.29) is 43.8 Å². The van der Waals surface area contributed by atoms with Gasteiger partial charge in [-0.25, -0.2) is 14.2 Å². The summed E-state index contributed by atoms with van der Waals surface area (Å²) < 4.78 is 13.5. The van der Waals surface area contributed by atoms with Gasteiger partial charge in [-0.1, -0.05) is 55.0 Å². The van der Waals surface area contributed by atoms with Crippen LogP contribution in [-0.4, -0.2) is 69.5 Å². The molecule has 2 aromatic rings. The Hall–Kier alpha value is -4.16. The van der Waals surface area contributed by atoms with E-state index in [9.17, 15) is 18.8 Å². The fourth-order valence-corrected chi connectivity index (χ4v) is 4.88. The maximum Gasteiger partial charge on any atom is 0.334 e. The highest BCUT2D eigenvalue weighted by Crippen LogP contribution is 2.33. The Morgan fingerprint density at radius 3 is 2.49 bits per heavy atom. The molecule has 9 heteroatoms. The van der Waals surface area contributed by atoms with Crippen molar-refractivity contribution in [3.8, 4) is 12.3 Å². The summed E-state index contributed by atoms with van der Waals surface area (Å²) in [6, 6.07) is 13.5. The molecule has 2 fully saturated rings. The number of halogens is 1. The van der Waals surface area contributed by atoms with Crippen LogP contribution in [0.4, 0.5) is 9.18 Å². The lowest BCUT2D eigenvalue weighted by molar-refractivity contribution is -0.188. The summed E-state index contributed by atoms with van der Waals surface area (Å²) in [4.78, 5) is 43.6. The second-order valence-electron chi connectivity index (χ2n) is 9.26. The lowest BCUT2D eigenvalue weighted by Gasteiger charge is -2.55. The number of nitrogens with zero attached hydrogens (tertiary/aromatic N) is 4. The molecule has 0 aromatic heterocycles. The molecule has 37 heavy (non-hydrogen) atoms. The normalized spacial score (nSPS) is 20.8. The van der Waals surface area contributed by atoms with Crippen molar-refractivity contribution in [2.24, 2.45) is 0 Å². The zero-order valence-corrected chi connectivity index (χ0v) is 20.9. The van der Waals surface area contributed by atoms with Crippen molar-refractivity contribution >= 4 is 17.8 Å². The quantitative estimate of drug-likeness (QED) is 0.486. The Bertz CT molecular complexity index is 1230. The van der Waals surface area contributed by atoms with Crippen LogP contribution in [-0.2, 0) is 16.1 Å². The van der Waals surface area contributed by atoms with Gasteiger partial charge in [-0.2, -0.15) is 5.01 Å². The van der Waals surface area contributed by atoms with Crippen LogP contribution in [0.25, 0.3) is 0 Å². The molecule has 8 nitrogen and oxygen atoms in total. The summed E-state index contributed by atoms with van der Waals surface area (Å²) >= 11 is 0. The number of piperazine rings is 1. The molecule has 0 saturated carbocycles. The van der Waals surface area contributed by atoms with Crippen LogP contribution in [0.15, 0.2) is 66.7 Å². The smallest absolute Gasteiger partial charge is 0.333 e. The minimum atomic E-state index is -0.952. The first-order valence-electron chi connectivity index (χ1n) is 12.0. The van der Waals surface area contributed by atoms with Gasteiger partial charge in [0.05, 0.1) is 25.7 Å². The maximum absolute atomic E-state index is 13.7. The number of terminal acetylenes is 1. The Morgan fingerprint density at radius 2 is 1.86 bits per heavy atom. The van der Waals surface area contributed by atoms with Crippen molar-refractivity contribution in [1.29, 1.82) is 0 Å². The monoisotopic (exact) mass is 503 g/mol. The van der Waals surface area contributed by atoms with Gasteiger partial charge in [0.1, 0.15) is 18.0 Å². The van der Waals surface area contributed by atoms with Gasteiger partial charge in [-0.05, 0) is 42.7 Å². The molecule has 0 aliphatic carbocycles. The van der Waals surface area contributed by atoms with Gasteiger partial charge in [0.15, 0.2) is 0 Å². The number of carbonyl (C=O) groups is 3. The van der Waals surface area contributed by atoms with Crippen LogP contribution in [0.5, 0.6) is 0 Å². The van der Waals surface area contributed by atoms with E-state index < -0.39 is 24.3 Å². The zero-order valence-electron chi connectivity index (χ0n) is 20.9. The van der Waals surface area contributed by atoms with Crippen LogP contribution in [0.1, 0.15) is 31.0 Å². The largest absolute Gasteiger partial charge is 0.334 e. The molecule has 4 rings (SSSR count). The van der Waals surface area contributed by atoms with E-state index in [2.05, 4.69) is 17.8 Å². The van der Waals surface area contributed by atoms with E-state index in [1.807, 2.05) is 37.3 Å². The molecule has 0 radical (unpaired) electrons. The molecule has 0 bridgehead atoms. The van der Waals surface area contributed by atoms with E-state index >= 15 is 0 Å². The van der Waals surface area contributed by atoms with E-state index in [0.29, 0.717) is 5.57 Å². The van der Waals surface area contributed by atoms with Crippen molar-refractivity contribution in [3.63, 3.8) is 0 Å². The molecule has 3 atom stereocenters. The summed E-state index contributed by atoms with van der Waals surface area (Å²) in [5, 5.41) is 5.88. The SMILES string of the molecule is C#CCN1CC(=O)N2C(CN(C(C)c3ccc(F)cc3)C(=O)[C@@H]2C(=C)C)N1C(=O)NCc1ccccc1. The highest BCUT2D eigenvalue weighted by Gasteiger charge is 2.52. The van der Waals surface area contributed by atoms with Crippen molar-refractivity contribution in [2.45, 2.75) is 38.6 Å². The molecule has 0 spiro atoms. The number of benzene rings is 2. The van der Waals surface area contributed by atoms with Crippen molar-refractivity contribution < 1.29 is 18.8 Å². The number of hydrogen-bond donors (Lipinski definition) is 1. The zero-order chi connectivity index (χ0) is 26.7. The lowest BCUT2D eigenvalue weighted by atomic mass is 9.97. The van der Waals surface area contributed by atoms with Crippen LogP contribution < -0.4 is 5.32 Å². The van der Waals surface area contributed by atoms with E-state index in [4.69, 9.17) is 6.42 Å². The number of hydrazine groups is 1. The molecule has 2 aliphatic heterocycles. The summed E-state index contributed by atoms with van der Waals surface area (Å²) in [6.45, 7) is 7.71. The highest BCUT2D eigenvalue weighted by molar-refractivity contribution is 5.93. The Morgan fingerprint density at radius 1 is 1.19 bits per heavy atom. The van der Waals surface area contributed by atoms with Gasteiger partial charge in [0.25, 0.3) is 0 Å². The second-order valence-corrected chi connectivity index (χ2v) is 9.26. The molecule has 2 unspecified atom stereocenters. The number of hydrogen-bond acceptors (Lipinski definition) is 4. The average molecular weight is 504 g/mol. The third-order valence-corrected chi connectivity index (χ3v) is 6.72. The van der Waals surface area contributed by atoms with Gasteiger partial charge in [-0.3, -0.25) is 9.59 Å².